The van der Waals surface area contributed by atoms with Crippen LogP contribution in [0.15, 0.2) is 18.2 Å². The molecule has 0 atom stereocenters. The summed E-state index contributed by atoms with van der Waals surface area (Å²) in [7, 11) is 0. The van der Waals surface area contributed by atoms with E-state index in [9.17, 15) is 4.39 Å². The third-order valence-corrected chi connectivity index (χ3v) is 4.81. The van der Waals surface area contributed by atoms with Crippen molar-refractivity contribution in [3.05, 3.63) is 35.1 Å². The summed E-state index contributed by atoms with van der Waals surface area (Å²) in [5.41, 5.74) is 2.38. The zero-order valence-electron chi connectivity index (χ0n) is 15.6. The minimum Gasteiger partial charge on any atom is -0.207 e. The van der Waals surface area contributed by atoms with Gasteiger partial charge in [0, 0.05) is 0 Å². The molecule has 0 bridgehead atoms. The topological polar surface area (TPSA) is 0 Å². The lowest BCUT2D eigenvalue weighted by molar-refractivity contribution is 0.320. The average molecular weight is 307 g/mol. The van der Waals surface area contributed by atoms with E-state index in [2.05, 4.69) is 47.6 Å². The molecule has 0 amide bonds. The molecule has 0 unspecified atom stereocenters. The molecule has 1 rings (SSSR count). The molecule has 22 heavy (non-hydrogen) atoms. The van der Waals surface area contributed by atoms with Crippen LogP contribution in [0.5, 0.6) is 0 Å². The van der Waals surface area contributed by atoms with Gasteiger partial charge in [-0.15, -0.1) is 0 Å². The SMILES string of the molecule is CCCCC(C)(C)Cc1ccc(F)c(C(C)(C)CCCC)c1. The Hall–Kier alpha value is -0.850. The van der Waals surface area contributed by atoms with E-state index in [1.54, 1.807) is 6.07 Å². The van der Waals surface area contributed by atoms with Gasteiger partial charge in [0.1, 0.15) is 5.82 Å². The summed E-state index contributed by atoms with van der Waals surface area (Å²) in [4.78, 5) is 0. The number of unbranched alkanes of at least 4 members (excludes halogenated alkanes) is 2. The predicted molar refractivity (Wildman–Crippen MR) is 96.0 cm³/mol. The fourth-order valence-corrected chi connectivity index (χ4v) is 3.25. The normalized spacial score (nSPS) is 12.7. The Labute approximate surface area is 137 Å². The van der Waals surface area contributed by atoms with Gasteiger partial charge in [-0.3, -0.25) is 0 Å². The van der Waals surface area contributed by atoms with Gasteiger partial charge in [0.15, 0.2) is 0 Å². The van der Waals surface area contributed by atoms with Crippen LogP contribution in [0.3, 0.4) is 0 Å². The molecule has 0 aliphatic rings. The Morgan fingerprint density at radius 3 is 2.09 bits per heavy atom. The van der Waals surface area contributed by atoms with Crippen molar-refractivity contribution in [3.8, 4) is 0 Å². The summed E-state index contributed by atoms with van der Waals surface area (Å²) >= 11 is 0. The van der Waals surface area contributed by atoms with Gasteiger partial charge in [-0.05, 0) is 47.3 Å². The molecular formula is C21H35F. The molecule has 1 heteroatoms. The van der Waals surface area contributed by atoms with Crippen molar-refractivity contribution in [2.24, 2.45) is 5.41 Å². The van der Waals surface area contributed by atoms with Gasteiger partial charge in [0.05, 0.1) is 0 Å². The van der Waals surface area contributed by atoms with Crippen molar-refractivity contribution in [1.82, 2.24) is 0 Å². The van der Waals surface area contributed by atoms with Gasteiger partial charge >= 0.3 is 0 Å². The molecule has 0 heterocycles. The van der Waals surface area contributed by atoms with Gasteiger partial charge < -0.3 is 0 Å². The Morgan fingerprint density at radius 2 is 1.50 bits per heavy atom. The summed E-state index contributed by atoms with van der Waals surface area (Å²) in [5, 5.41) is 0. The molecule has 0 N–H and O–H groups in total. The van der Waals surface area contributed by atoms with Crippen molar-refractivity contribution in [3.63, 3.8) is 0 Å². The second-order valence-electron chi connectivity index (χ2n) is 8.25. The molecule has 0 fully saturated rings. The summed E-state index contributed by atoms with van der Waals surface area (Å²) in [6, 6.07) is 5.77. The third-order valence-electron chi connectivity index (χ3n) is 4.81. The molecule has 1 aromatic rings. The molecule has 0 saturated heterocycles. The Kier molecular flexibility index (Phi) is 7.09. The van der Waals surface area contributed by atoms with E-state index in [1.165, 1.54) is 24.8 Å². The highest BCUT2D eigenvalue weighted by Gasteiger charge is 2.25. The van der Waals surface area contributed by atoms with Crippen molar-refractivity contribution in [1.29, 1.82) is 0 Å². The lowest BCUT2D eigenvalue weighted by Crippen LogP contribution is -2.20. The van der Waals surface area contributed by atoms with E-state index >= 15 is 0 Å². The molecule has 0 aromatic heterocycles. The maximum atomic E-state index is 14.3. The molecule has 0 aliphatic heterocycles. The van der Waals surface area contributed by atoms with Crippen molar-refractivity contribution < 1.29 is 4.39 Å². The van der Waals surface area contributed by atoms with Crippen LogP contribution in [0.2, 0.25) is 0 Å². The Bertz CT molecular complexity index is 457. The zero-order valence-corrected chi connectivity index (χ0v) is 15.6. The minimum atomic E-state index is -0.0797. The van der Waals surface area contributed by atoms with E-state index in [4.69, 9.17) is 0 Å². The fraction of sp³-hybridized carbons (Fsp3) is 0.714. The summed E-state index contributed by atoms with van der Waals surface area (Å²) in [6.07, 6.45) is 8.13. The van der Waals surface area contributed by atoms with Crippen LogP contribution >= 0.6 is 0 Å². The van der Waals surface area contributed by atoms with E-state index in [-0.39, 0.29) is 11.2 Å². The number of rotatable bonds is 9. The number of hydrogen-bond acceptors (Lipinski definition) is 0. The second-order valence-corrected chi connectivity index (χ2v) is 8.25. The molecule has 126 valence electrons. The van der Waals surface area contributed by atoms with Crippen LogP contribution in [-0.2, 0) is 11.8 Å². The van der Waals surface area contributed by atoms with Crippen LogP contribution in [0.1, 0.15) is 91.2 Å². The maximum absolute atomic E-state index is 14.3. The van der Waals surface area contributed by atoms with Gasteiger partial charge in [0.25, 0.3) is 0 Å². The van der Waals surface area contributed by atoms with E-state index in [1.807, 2.05) is 6.07 Å². The molecule has 0 radical (unpaired) electrons. The third kappa shape index (κ3) is 5.74. The van der Waals surface area contributed by atoms with Gasteiger partial charge in [-0.1, -0.05) is 79.4 Å². The number of hydrogen-bond donors (Lipinski definition) is 0. The first-order chi connectivity index (χ1) is 10.2. The van der Waals surface area contributed by atoms with E-state index in [0.717, 1.165) is 31.2 Å². The number of halogens is 1. The van der Waals surface area contributed by atoms with Gasteiger partial charge in [-0.2, -0.15) is 0 Å². The first kappa shape index (κ1) is 19.2. The molecule has 0 nitrogen and oxygen atoms in total. The van der Waals surface area contributed by atoms with Crippen LogP contribution < -0.4 is 0 Å². The smallest absolute Gasteiger partial charge is 0.126 e. The Balaban J connectivity index is 2.94. The van der Waals surface area contributed by atoms with E-state index < -0.39 is 0 Å². The highest BCUT2D eigenvalue weighted by Crippen LogP contribution is 2.34. The van der Waals surface area contributed by atoms with Gasteiger partial charge in [0.2, 0.25) is 0 Å². The summed E-state index contributed by atoms with van der Waals surface area (Å²) in [6.45, 7) is 13.4. The van der Waals surface area contributed by atoms with Crippen LogP contribution in [0.25, 0.3) is 0 Å². The minimum absolute atomic E-state index is 0.0452. The van der Waals surface area contributed by atoms with E-state index in [0.29, 0.717) is 5.41 Å². The lowest BCUT2D eigenvalue weighted by Gasteiger charge is -2.28. The first-order valence-corrected chi connectivity index (χ1v) is 9.01. The van der Waals surface area contributed by atoms with Crippen molar-refractivity contribution in [2.75, 3.05) is 0 Å². The zero-order chi connectivity index (χ0) is 16.8. The number of benzene rings is 1. The molecule has 0 aliphatic carbocycles. The largest absolute Gasteiger partial charge is 0.207 e. The summed E-state index contributed by atoms with van der Waals surface area (Å²) in [5.74, 6) is -0.0452. The quantitative estimate of drug-likeness (QED) is 0.458. The Morgan fingerprint density at radius 1 is 0.909 bits per heavy atom. The van der Waals surface area contributed by atoms with Crippen LogP contribution in [0, 0.1) is 11.2 Å². The first-order valence-electron chi connectivity index (χ1n) is 9.01. The highest BCUT2D eigenvalue weighted by molar-refractivity contribution is 5.31. The van der Waals surface area contributed by atoms with Crippen LogP contribution in [-0.4, -0.2) is 0 Å². The standard InChI is InChI=1S/C21H35F/c1-7-9-13-20(3,4)16-17-11-12-19(22)18(15-17)21(5,6)14-10-8-2/h11-12,15H,7-10,13-14,16H2,1-6H3. The maximum Gasteiger partial charge on any atom is 0.126 e. The van der Waals surface area contributed by atoms with Crippen molar-refractivity contribution >= 4 is 0 Å². The molecule has 0 spiro atoms. The van der Waals surface area contributed by atoms with Crippen molar-refractivity contribution in [2.45, 2.75) is 91.9 Å². The summed E-state index contributed by atoms with van der Waals surface area (Å²) < 4.78 is 14.3. The van der Waals surface area contributed by atoms with Crippen LogP contribution in [0.4, 0.5) is 4.39 Å². The highest BCUT2D eigenvalue weighted by atomic mass is 19.1. The lowest BCUT2D eigenvalue weighted by atomic mass is 9.77. The molecule has 1 aromatic carbocycles. The second kappa shape index (κ2) is 8.13. The average Bonchev–Trinajstić information content (AvgIpc) is 2.45. The van der Waals surface area contributed by atoms with Gasteiger partial charge in [-0.25, -0.2) is 4.39 Å². The fourth-order valence-electron chi connectivity index (χ4n) is 3.25. The monoisotopic (exact) mass is 306 g/mol. The molecule has 0 saturated carbocycles. The predicted octanol–water partition coefficient (Wildman–Crippen LogP) is 7.05. The molecular weight excluding hydrogens is 271 g/mol.